The summed E-state index contributed by atoms with van der Waals surface area (Å²) >= 11 is 0. The molecule has 0 fully saturated rings. The predicted octanol–water partition coefficient (Wildman–Crippen LogP) is 8.49. The van der Waals surface area contributed by atoms with E-state index in [1.807, 2.05) is 79.7 Å². The van der Waals surface area contributed by atoms with Gasteiger partial charge in [0.05, 0.1) is 18.0 Å². The number of nitrogens with zero attached hydrogens (tertiary/aromatic N) is 2. The number of ether oxygens (including phenoxy) is 1. The van der Waals surface area contributed by atoms with Crippen LogP contribution in [0.25, 0.3) is 21.9 Å². The maximum Gasteiger partial charge on any atom is 0.119 e. The Morgan fingerprint density at radius 1 is 0.686 bits per heavy atom. The van der Waals surface area contributed by atoms with Crippen LogP contribution in [-0.4, -0.2) is 6.61 Å². The smallest absolute Gasteiger partial charge is 0.119 e. The molecule has 0 aliphatic rings. The fourth-order valence-electron chi connectivity index (χ4n) is 4.31. The Morgan fingerprint density at radius 3 is 2.14 bits per heavy atom. The maximum absolute atomic E-state index is 6.70. The van der Waals surface area contributed by atoms with E-state index in [4.69, 9.17) is 10.5 Å². The van der Waals surface area contributed by atoms with Gasteiger partial charge in [0.15, 0.2) is 0 Å². The van der Waals surface area contributed by atoms with Crippen molar-refractivity contribution in [2.45, 2.75) is 13.3 Å². The molecule has 0 atom stereocenters. The number of benzene rings is 5. The Kier molecular flexibility index (Phi) is 6.53. The van der Waals surface area contributed by atoms with Crippen LogP contribution in [0.2, 0.25) is 0 Å². The van der Waals surface area contributed by atoms with E-state index < -0.39 is 0 Å². The monoisotopic (exact) mass is 457 g/mol. The maximum atomic E-state index is 6.70. The van der Waals surface area contributed by atoms with E-state index in [0.29, 0.717) is 6.61 Å². The molecule has 35 heavy (non-hydrogen) atoms. The van der Waals surface area contributed by atoms with Crippen molar-refractivity contribution in [2.24, 2.45) is 10.2 Å². The first kappa shape index (κ1) is 22.4. The lowest BCUT2D eigenvalue weighted by atomic mass is 9.91. The van der Waals surface area contributed by atoms with Crippen LogP contribution in [0.15, 0.2) is 119 Å². The van der Waals surface area contributed by atoms with E-state index in [0.717, 1.165) is 56.7 Å². The molecular formula is C31H27N3O. The summed E-state index contributed by atoms with van der Waals surface area (Å²) in [5.41, 5.74) is 13.5. The van der Waals surface area contributed by atoms with Crippen LogP contribution in [-0.2, 0) is 6.42 Å². The molecular weight excluding hydrogens is 430 g/mol. The second-order valence-electron chi connectivity index (χ2n) is 8.35. The Balaban J connectivity index is 1.60. The van der Waals surface area contributed by atoms with Crippen molar-refractivity contribution >= 4 is 27.8 Å². The van der Waals surface area contributed by atoms with Gasteiger partial charge in [0.2, 0.25) is 0 Å². The molecule has 5 aromatic rings. The molecule has 0 radical (unpaired) electrons. The summed E-state index contributed by atoms with van der Waals surface area (Å²) in [6.07, 6.45) is 0.726. The number of hydrogen-bond acceptors (Lipinski definition) is 4. The summed E-state index contributed by atoms with van der Waals surface area (Å²) in [7, 11) is 0. The summed E-state index contributed by atoms with van der Waals surface area (Å²) in [6.45, 7) is 2.64. The first-order valence-corrected chi connectivity index (χ1v) is 11.8. The van der Waals surface area contributed by atoms with Gasteiger partial charge < -0.3 is 10.5 Å². The highest BCUT2D eigenvalue weighted by molar-refractivity contribution is 6.05. The van der Waals surface area contributed by atoms with Gasteiger partial charge in [-0.05, 0) is 71.8 Å². The Morgan fingerprint density at radius 2 is 1.37 bits per heavy atom. The van der Waals surface area contributed by atoms with Crippen molar-refractivity contribution in [1.82, 2.24) is 0 Å². The molecule has 0 aromatic heterocycles. The van der Waals surface area contributed by atoms with Crippen molar-refractivity contribution in [1.29, 1.82) is 0 Å². The third kappa shape index (κ3) is 4.92. The quantitative estimate of drug-likeness (QED) is 0.197. The molecule has 0 spiro atoms. The summed E-state index contributed by atoms with van der Waals surface area (Å²) in [6, 6.07) is 36.6. The minimum atomic E-state index is 0.654. The van der Waals surface area contributed by atoms with E-state index in [2.05, 4.69) is 46.6 Å². The van der Waals surface area contributed by atoms with Gasteiger partial charge in [-0.25, -0.2) is 0 Å². The van der Waals surface area contributed by atoms with Gasteiger partial charge in [0, 0.05) is 16.6 Å². The molecule has 4 nitrogen and oxygen atoms in total. The average Bonchev–Trinajstić information content (AvgIpc) is 2.91. The van der Waals surface area contributed by atoms with Gasteiger partial charge in [0.1, 0.15) is 5.75 Å². The normalized spacial score (nSPS) is 11.2. The van der Waals surface area contributed by atoms with Crippen LogP contribution >= 0.6 is 0 Å². The molecule has 0 saturated heterocycles. The van der Waals surface area contributed by atoms with Crippen LogP contribution < -0.4 is 10.5 Å². The molecule has 5 rings (SSSR count). The topological polar surface area (TPSA) is 60.0 Å². The Hall–Kier alpha value is -4.44. The van der Waals surface area contributed by atoms with Crippen molar-refractivity contribution in [2.75, 3.05) is 12.3 Å². The van der Waals surface area contributed by atoms with Crippen molar-refractivity contribution in [3.8, 4) is 16.9 Å². The van der Waals surface area contributed by atoms with E-state index in [1.54, 1.807) is 0 Å². The molecule has 0 bridgehead atoms. The highest BCUT2D eigenvalue weighted by atomic mass is 16.5. The molecule has 0 unspecified atom stereocenters. The minimum absolute atomic E-state index is 0.654. The number of nitrogens with two attached hydrogens (primary N) is 1. The van der Waals surface area contributed by atoms with Crippen molar-refractivity contribution < 1.29 is 4.74 Å². The van der Waals surface area contributed by atoms with E-state index in [1.165, 1.54) is 5.56 Å². The van der Waals surface area contributed by atoms with Crippen LogP contribution in [0, 0.1) is 0 Å². The molecule has 0 saturated carbocycles. The second kappa shape index (κ2) is 10.2. The van der Waals surface area contributed by atoms with Crippen LogP contribution in [0.4, 0.5) is 17.1 Å². The van der Waals surface area contributed by atoms with Gasteiger partial charge in [-0.2, -0.15) is 5.11 Å². The van der Waals surface area contributed by atoms with Crippen molar-refractivity contribution in [3.63, 3.8) is 0 Å². The molecule has 172 valence electrons. The molecule has 0 heterocycles. The third-order valence-electron chi connectivity index (χ3n) is 6.02. The Labute approximate surface area is 205 Å². The SMILES string of the molecule is CCOc1ccc(Cc2cc(-c3ccccc3N=Nc3ccccc3)c3ccccc3c2N)cc1. The summed E-state index contributed by atoms with van der Waals surface area (Å²) < 4.78 is 5.59. The summed E-state index contributed by atoms with van der Waals surface area (Å²) in [5, 5.41) is 11.2. The van der Waals surface area contributed by atoms with Gasteiger partial charge in [-0.3, -0.25) is 0 Å². The van der Waals surface area contributed by atoms with E-state index in [-0.39, 0.29) is 0 Å². The van der Waals surface area contributed by atoms with Crippen LogP contribution in [0.1, 0.15) is 18.1 Å². The van der Waals surface area contributed by atoms with Crippen LogP contribution in [0.5, 0.6) is 5.75 Å². The molecule has 5 aromatic carbocycles. The molecule has 0 aliphatic carbocycles. The van der Waals surface area contributed by atoms with E-state index in [9.17, 15) is 0 Å². The Bertz CT molecular complexity index is 1480. The number of anilines is 1. The molecule has 0 amide bonds. The zero-order chi connectivity index (χ0) is 24.0. The highest BCUT2D eigenvalue weighted by Crippen LogP contribution is 2.40. The summed E-state index contributed by atoms with van der Waals surface area (Å²) in [4.78, 5) is 0. The molecule has 4 heteroatoms. The minimum Gasteiger partial charge on any atom is -0.494 e. The van der Waals surface area contributed by atoms with E-state index >= 15 is 0 Å². The molecule has 0 aliphatic heterocycles. The first-order valence-electron chi connectivity index (χ1n) is 11.8. The number of fused-ring (bicyclic) bond motifs is 1. The lowest BCUT2D eigenvalue weighted by Crippen LogP contribution is -1.99. The second-order valence-corrected chi connectivity index (χ2v) is 8.35. The number of hydrogen-bond donors (Lipinski definition) is 1. The van der Waals surface area contributed by atoms with Crippen molar-refractivity contribution in [3.05, 3.63) is 120 Å². The number of azo groups is 1. The fraction of sp³-hybridized carbons (Fsp3) is 0.0968. The number of nitrogen functional groups attached to an aromatic ring is 1. The van der Waals surface area contributed by atoms with Gasteiger partial charge >= 0.3 is 0 Å². The largest absolute Gasteiger partial charge is 0.494 e. The van der Waals surface area contributed by atoms with Gasteiger partial charge in [0.25, 0.3) is 0 Å². The summed E-state index contributed by atoms with van der Waals surface area (Å²) in [5.74, 6) is 0.876. The predicted molar refractivity (Wildman–Crippen MR) is 145 cm³/mol. The zero-order valence-electron chi connectivity index (χ0n) is 19.7. The standard InChI is InChI=1S/C31H27N3O/c1-2-35-25-18-16-22(17-19-25)20-23-21-29(26-12-6-7-14-28(26)31(23)32)27-13-8-9-15-30(27)34-33-24-10-4-3-5-11-24/h3-19,21H,2,20,32H2,1H3. The highest BCUT2D eigenvalue weighted by Gasteiger charge is 2.14. The average molecular weight is 458 g/mol. The van der Waals surface area contributed by atoms with Crippen LogP contribution in [0.3, 0.4) is 0 Å². The van der Waals surface area contributed by atoms with Gasteiger partial charge in [-0.15, -0.1) is 5.11 Å². The molecule has 2 N–H and O–H groups in total. The third-order valence-corrected chi connectivity index (χ3v) is 6.02. The number of rotatable bonds is 7. The van der Waals surface area contributed by atoms with Gasteiger partial charge in [-0.1, -0.05) is 72.8 Å². The fourth-order valence-corrected chi connectivity index (χ4v) is 4.31. The lowest BCUT2D eigenvalue weighted by molar-refractivity contribution is 0.340. The first-order chi connectivity index (χ1) is 17.2. The zero-order valence-corrected chi connectivity index (χ0v) is 19.7. The lowest BCUT2D eigenvalue weighted by Gasteiger charge is -2.16.